The third-order valence-electron chi connectivity index (χ3n) is 1.95. The number of benzene rings is 1. The maximum atomic E-state index is 11.9. The summed E-state index contributed by atoms with van der Waals surface area (Å²) >= 11 is 13.1. The number of nitrogen functional groups attached to an aromatic ring is 1. The van der Waals surface area contributed by atoms with Crippen molar-refractivity contribution < 1.29 is 4.79 Å². The number of amides is 1. The monoisotopic (exact) mass is 287 g/mol. The number of nitrogens with two attached hydrogens (primary N) is 1. The lowest BCUT2D eigenvalue weighted by Gasteiger charge is -2.06. The van der Waals surface area contributed by atoms with Crippen molar-refractivity contribution in [2.45, 2.75) is 0 Å². The van der Waals surface area contributed by atoms with Gasteiger partial charge in [-0.15, -0.1) is 11.3 Å². The van der Waals surface area contributed by atoms with Crippen molar-refractivity contribution in [3.63, 3.8) is 0 Å². The summed E-state index contributed by atoms with van der Waals surface area (Å²) in [6, 6.07) is 2.96. The van der Waals surface area contributed by atoms with E-state index in [0.717, 1.165) is 0 Å². The van der Waals surface area contributed by atoms with E-state index in [9.17, 15) is 4.79 Å². The Morgan fingerprint density at radius 3 is 2.82 bits per heavy atom. The van der Waals surface area contributed by atoms with E-state index in [-0.39, 0.29) is 21.5 Å². The van der Waals surface area contributed by atoms with E-state index in [1.807, 2.05) is 0 Å². The summed E-state index contributed by atoms with van der Waals surface area (Å²) in [7, 11) is 0. The van der Waals surface area contributed by atoms with Gasteiger partial charge in [0.1, 0.15) is 0 Å². The molecular formula is C10H7Cl2N3OS. The second kappa shape index (κ2) is 4.91. The number of nitrogens with one attached hydrogen (secondary N) is 1. The maximum Gasteiger partial charge on any atom is 0.259 e. The molecule has 88 valence electrons. The highest BCUT2D eigenvalue weighted by Crippen LogP contribution is 2.29. The molecular weight excluding hydrogens is 281 g/mol. The van der Waals surface area contributed by atoms with Crippen molar-refractivity contribution in [2.24, 2.45) is 0 Å². The van der Waals surface area contributed by atoms with Gasteiger partial charge >= 0.3 is 0 Å². The van der Waals surface area contributed by atoms with Gasteiger partial charge in [-0.1, -0.05) is 23.2 Å². The minimum atomic E-state index is -0.390. The SMILES string of the molecule is Nc1cc(Cl)c(Cl)c(C(=O)Nc2nccs2)c1. The van der Waals surface area contributed by atoms with E-state index in [2.05, 4.69) is 10.3 Å². The predicted molar refractivity (Wildman–Crippen MR) is 70.9 cm³/mol. The van der Waals surface area contributed by atoms with Crippen LogP contribution in [0.1, 0.15) is 10.4 Å². The van der Waals surface area contributed by atoms with Crippen LogP contribution in [0.2, 0.25) is 10.0 Å². The summed E-state index contributed by atoms with van der Waals surface area (Å²) in [6.45, 7) is 0. The Hall–Kier alpha value is -1.30. The van der Waals surface area contributed by atoms with Gasteiger partial charge in [-0.05, 0) is 12.1 Å². The Morgan fingerprint density at radius 1 is 1.41 bits per heavy atom. The number of rotatable bonds is 2. The first-order chi connectivity index (χ1) is 8.08. The molecule has 2 aromatic rings. The first-order valence-electron chi connectivity index (χ1n) is 4.53. The van der Waals surface area contributed by atoms with Crippen molar-refractivity contribution >= 4 is 51.3 Å². The van der Waals surface area contributed by atoms with Gasteiger partial charge in [-0.2, -0.15) is 0 Å². The van der Waals surface area contributed by atoms with Gasteiger partial charge in [0.2, 0.25) is 0 Å². The third-order valence-corrected chi connectivity index (χ3v) is 3.44. The lowest BCUT2D eigenvalue weighted by Crippen LogP contribution is -2.12. The fraction of sp³-hybridized carbons (Fsp3) is 0. The van der Waals surface area contributed by atoms with Gasteiger partial charge in [0.25, 0.3) is 5.91 Å². The minimum absolute atomic E-state index is 0.176. The third kappa shape index (κ3) is 2.69. The molecule has 0 unspecified atom stereocenters. The van der Waals surface area contributed by atoms with Crippen LogP contribution < -0.4 is 11.1 Å². The molecule has 4 nitrogen and oxygen atoms in total. The van der Waals surface area contributed by atoms with Gasteiger partial charge in [-0.25, -0.2) is 4.98 Å². The molecule has 2 rings (SSSR count). The topological polar surface area (TPSA) is 68.0 Å². The molecule has 0 radical (unpaired) electrons. The highest BCUT2D eigenvalue weighted by molar-refractivity contribution is 7.13. The molecule has 0 aliphatic rings. The second-order valence-corrected chi connectivity index (χ2v) is 4.84. The Labute approximate surface area is 111 Å². The summed E-state index contributed by atoms with van der Waals surface area (Å²) in [4.78, 5) is 15.8. The van der Waals surface area contributed by atoms with E-state index in [0.29, 0.717) is 10.8 Å². The number of halogens is 2. The number of carbonyl (C=O) groups is 1. The van der Waals surface area contributed by atoms with E-state index >= 15 is 0 Å². The Morgan fingerprint density at radius 2 is 2.18 bits per heavy atom. The van der Waals surface area contributed by atoms with Gasteiger partial charge in [0.05, 0.1) is 15.6 Å². The summed E-state index contributed by atoms with van der Waals surface area (Å²) in [5, 5.41) is 5.27. The molecule has 0 spiro atoms. The van der Waals surface area contributed by atoms with Crippen molar-refractivity contribution in [3.05, 3.63) is 39.3 Å². The summed E-state index contributed by atoms with van der Waals surface area (Å²) in [6.07, 6.45) is 1.59. The summed E-state index contributed by atoms with van der Waals surface area (Å²) in [5.41, 5.74) is 6.21. The molecule has 0 fully saturated rings. The maximum absolute atomic E-state index is 11.9. The number of hydrogen-bond acceptors (Lipinski definition) is 4. The van der Waals surface area contributed by atoms with Gasteiger partial charge in [-0.3, -0.25) is 10.1 Å². The van der Waals surface area contributed by atoms with E-state index in [1.54, 1.807) is 11.6 Å². The van der Waals surface area contributed by atoms with Crippen molar-refractivity contribution in [1.82, 2.24) is 4.98 Å². The van der Waals surface area contributed by atoms with Crippen LogP contribution in [0.4, 0.5) is 10.8 Å². The zero-order valence-corrected chi connectivity index (χ0v) is 10.7. The molecule has 1 aromatic carbocycles. The number of anilines is 2. The first kappa shape index (κ1) is 12.2. The predicted octanol–water partition coefficient (Wildman–Crippen LogP) is 3.28. The fourth-order valence-corrected chi connectivity index (χ4v) is 2.17. The van der Waals surface area contributed by atoms with Crippen LogP contribution in [0.3, 0.4) is 0 Å². The summed E-state index contributed by atoms with van der Waals surface area (Å²) in [5.74, 6) is -0.390. The van der Waals surface area contributed by atoms with Crippen LogP contribution in [-0.4, -0.2) is 10.9 Å². The van der Waals surface area contributed by atoms with E-state index in [4.69, 9.17) is 28.9 Å². The van der Waals surface area contributed by atoms with Crippen LogP contribution in [0, 0.1) is 0 Å². The van der Waals surface area contributed by atoms with Crippen LogP contribution in [0.15, 0.2) is 23.7 Å². The fourth-order valence-electron chi connectivity index (χ4n) is 1.22. The molecule has 1 aromatic heterocycles. The normalized spacial score (nSPS) is 10.2. The van der Waals surface area contributed by atoms with Crippen LogP contribution in [-0.2, 0) is 0 Å². The quantitative estimate of drug-likeness (QED) is 0.833. The molecule has 0 saturated heterocycles. The number of aromatic nitrogens is 1. The highest BCUT2D eigenvalue weighted by atomic mass is 35.5. The van der Waals surface area contributed by atoms with E-state index in [1.165, 1.54) is 23.5 Å². The van der Waals surface area contributed by atoms with Crippen LogP contribution in [0.5, 0.6) is 0 Å². The lowest BCUT2D eigenvalue weighted by atomic mass is 10.2. The average molecular weight is 288 g/mol. The van der Waals surface area contributed by atoms with Crippen molar-refractivity contribution in [3.8, 4) is 0 Å². The largest absolute Gasteiger partial charge is 0.399 e. The molecule has 7 heteroatoms. The number of thiazole rings is 1. The molecule has 17 heavy (non-hydrogen) atoms. The lowest BCUT2D eigenvalue weighted by molar-refractivity contribution is 0.102. The Balaban J connectivity index is 2.31. The standard InChI is InChI=1S/C10H7Cl2N3OS/c11-7-4-5(13)3-6(8(7)12)9(16)15-10-14-1-2-17-10/h1-4H,13H2,(H,14,15,16). The van der Waals surface area contributed by atoms with Crippen molar-refractivity contribution in [2.75, 3.05) is 11.1 Å². The highest BCUT2D eigenvalue weighted by Gasteiger charge is 2.15. The Kier molecular flexibility index (Phi) is 3.51. The molecule has 1 heterocycles. The molecule has 0 atom stereocenters. The minimum Gasteiger partial charge on any atom is -0.399 e. The molecule has 0 bridgehead atoms. The first-order valence-corrected chi connectivity index (χ1v) is 6.17. The van der Waals surface area contributed by atoms with Crippen molar-refractivity contribution in [1.29, 1.82) is 0 Å². The van der Waals surface area contributed by atoms with Crippen LogP contribution >= 0.6 is 34.5 Å². The second-order valence-electron chi connectivity index (χ2n) is 3.16. The number of carbonyl (C=O) groups excluding carboxylic acids is 1. The molecule has 1 amide bonds. The molecule has 0 aliphatic heterocycles. The van der Waals surface area contributed by atoms with Gasteiger partial charge < -0.3 is 5.73 Å². The Bertz CT molecular complexity index is 557. The van der Waals surface area contributed by atoms with Gasteiger partial charge in [0, 0.05) is 17.3 Å². The molecule has 0 aliphatic carbocycles. The number of nitrogens with zero attached hydrogens (tertiary/aromatic N) is 1. The summed E-state index contributed by atoms with van der Waals surface area (Å²) < 4.78 is 0. The average Bonchev–Trinajstić information content (AvgIpc) is 2.76. The van der Waals surface area contributed by atoms with Gasteiger partial charge in [0.15, 0.2) is 5.13 Å². The van der Waals surface area contributed by atoms with E-state index < -0.39 is 0 Å². The smallest absolute Gasteiger partial charge is 0.259 e. The number of hydrogen-bond donors (Lipinski definition) is 2. The zero-order valence-electron chi connectivity index (χ0n) is 8.41. The molecule has 0 saturated carbocycles. The molecule has 3 N–H and O–H groups in total. The zero-order chi connectivity index (χ0) is 12.4. The van der Waals surface area contributed by atoms with Crippen LogP contribution in [0.25, 0.3) is 0 Å².